The average Bonchev–Trinajstić information content (AvgIpc) is 3.23. The van der Waals surface area contributed by atoms with Crippen molar-refractivity contribution in [1.82, 2.24) is 19.8 Å². The van der Waals surface area contributed by atoms with Crippen LogP contribution in [0.4, 0.5) is 0 Å². The topological polar surface area (TPSA) is 76.5 Å². The Morgan fingerprint density at radius 3 is 2.69 bits per heavy atom. The van der Waals surface area contributed by atoms with Crippen LogP contribution >= 0.6 is 0 Å². The number of ether oxygens (including phenoxy) is 1. The number of hydrogen-bond acceptors (Lipinski definition) is 4. The molecule has 3 unspecified atom stereocenters. The molecular weight excluding hydrogens is 440 g/mol. The molecular formula is C28H34N4O3. The second kappa shape index (κ2) is 9.36. The molecule has 184 valence electrons. The number of hydrogen-bond donors (Lipinski definition) is 1. The van der Waals surface area contributed by atoms with Crippen LogP contribution in [0.15, 0.2) is 48.5 Å². The van der Waals surface area contributed by atoms with Crippen LogP contribution in [0.2, 0.25) is 0 Å². The molecule has 2 heterocycles. The van der Waals surface area contributed by atoms with Crippen LogP contribution < -0.4 is 10.1 Å². The Bertz CT molecular complexity index is 1250. The number of carbonyl (C=O) groups excluding carboxylic acids is 2. The highest BCUT2D eigenvalue weighted by Crippen LogP contribution is 2.34. The summed E-state index contributed by atoms with van der Waals surface area (Å²) in [5, 5.41) is 3.33. The monoisotopic (exact) mass is 474 g/mol. The Morgan fingerprint density at radius 1 is 1.14 bits per heavy atom. The van der Waals surface area contributed by atoms with Crippen molar-refractivity contribution in [1.29, 1.82) is 0 Å². The van der Waals surface area contributed by atoms with Crippen LogP contribution in [-0.2, 0) is 17.9 Å². The summed E-state index contributed by atoms with van der Waals surface area (Å²) in [5.41, 5.74) is 1.42. The highest BCUT2D eigenvalue weighted by Gasteiger charge is 2.49. The lowest BCUT2D eigenvalue weighted by Gasteiger charge is -2.45. The number of benzene rings is 2. The second-order valence-corrected chi connectivity index (χ2v) is 10.1. The Kier molecular flexibility index (Phi) is 6.26. The molecule has 7 heteroatoms. The van der Waals surface area contributed by atoms with Crippen LogP contribution in [0.25, 0.3) is 11.0 Å². The van der Waals surface area contributed by atoms with Gasteiger partial charge in [-0.2, -0.15) is 0 Å². The summed E-state index contributed by atoms with van der Waals surface area (Å²) in [4.78, 5) is 34.3. The smallest absolute Gasteiger partial charge is 0.291 e. The third-order valence-electron chi connectivity index (χ3n) is 7.67. The van der Waals surface area contributed by atoms with E-state index in [2.05, 4.69) is 17.2 Å². The first-order valence-corrected chi connectivity index (χ1v) is 12.7. The van der Waals surface area contributed by atoms with Gasteiger partial charge in [0.2, 0.25) is 5.91 Å². The molecule has 1 aliphatic heterocycles. The number of carbonyl (C=O) groups is 2. The Labute approximate surface area is 206 Å². The molecule has 2 aliphatic rings. The van der Waals surface area contributed by atoms with E-state index in [1.807, 2.05) is 66.9 Å². The number of fused-ring (bicyclic) bond motifs is 3. The van der Waals surface area contributed by atoms with E-state index in [9.17, 15) is 9.59 Å². The van der Waals surface area contributed by atoms with E-state index in [0.717, 1.165) is 41.6 Å². The molecule has 5 rings (SSSR count). The van der Waals surface area contributed by atoms with Gasteiger partial charge in [-0.3, -0.25) is 9.59 Å². The van der Waals surface area contributed by atoms with Crippen LogP contribution in [0.3, 0.4) is 0 Å². The minimum absolute atomic E-state index is 0.109. The first kappa shape index (κ1) is 23.4. The Morgan fingerprint density at radius 2 is 1.89 bits per heavy atom. The highest BCUT2D eigenvalue weighted by atomic mass is 16.5. The van der Waals surface area contributed by atoms with Crippen molar-refractivity contribution in [3.8, 4) is 5.75 Å². The molecule has 1 saturated carbocycles. The van der Waals surface area contributed by atoms with E-state index in [1.54, 1.807) is 4.90 Å². The molecule has 0 saturated heterocycles. The predicted molar refractivity (Wildman–Crippen MR) is 135 cm³/mol. The van der Waals surface area contributed by atoms with Crippen molar-refractivity contribution >= 4 is 22.8 Å². The molecule has 2 aromatic carbocycles. The molecule has 3 aromatic rings. The van der Waals surface area contributed by atoms with E-state index in [-0.39, 0.29) is 24.4 Å². The molecule has 2 amide bonds. The fourth-order valence-corrected chi connectivity index (χ4v) is 5.53. The quantitative estimate of drug-likeness (QED) is 0.569. The van der Waals surface area contributed by atoms with Crippen molar-refractivity contribution in [2.75, 3.05) is 6.61 Å². The molecule has 1 aliphatic carbocycles. The van der Waals surface area contributed by atoms with Crippen molar-refractivity contribution in [2.45, 2.75) is 71.1 Å². The number of imidazole rings is 1. The number of amides is 2. The van der Waals surface area contributed by atoms with Gasteiger partial charge in [-0.25, -0.2) is 4.98 Å². The molecule has 0 bridgehead atoms. The minimum atomic E-state index is -1.08. The van der Waals surface area contributed by atoms with Crippen LogP contribution in [0, 0.1) is 5.92 Å². The normalized spacial score (nSPS) is 24.3. The molecule has 1 fully saturated rings. The number of aromatic nitrogens is 2. The van der Waals surface area contributed by atoms with Gasteiger partial charge in [0.05, 0.1) is 30.7 Å². The van der Waals surface area contributed by atoms with Gasteiger partial charge in [0.1, 0.15) is 11.3 Å². The fourth-order valence-electron chi connectivity index (χ4n) is 5.53. The fraction of sp³-hybridized carbons (Fsp3) is 0.464. The van der Waals surface area contributed by atoms with Crippen molar-refractivity contribution in [3.05, 3.63) is 59.9 Å². The van der Waals surface area contributed by atoms with E-state index < -0.39 is 5.54 Å². The summed E-state index contributed by atoms with van der Waals surface area (Å²) < 4.78 is 7.75. The van der Waals surface area contributed by atoms with Crippen LogP contribution in [-0.4, -0.2) is 44.5 Å². The zero-order valence-electron chi connectivity index (χ0n) is 20.8. The zero-order valence-corrected chi connectivity index (χ0v) is 20.8. The SMILES string of the molecule is CCOc1ccccc1CN1C(=O)c2nc3ccccc3n2CC1(C)C(=O)NC1CCCCC1C. The minimum Gasteiger partial charge on any atom is -0.494 e. The standard InChI is InChI=1S/C28H34N4O3/c1-4-35-24-16-10-6-12-20(24)17-32-26(33)25-29-22-14-8-9-15-23(22)31(25)18-28(32,3)27(34)30-21-13-7-5-11-19(21)2/h6,8-10,12,14-16,19,21H,4-5,7,11,13,17-18H2,1-3H3,(H,30,34). The number of nitrogens with zero attached hydrogens (tertiary/aromatic N) is 3. The predicted octanol–water partition coefficient (Wildman–Crippen LogP) is 4.54. The van der Waals surface area contributed by atoms with Gasteiger partial charge in [-0.15, -0.1) is 0 Å². The molecule has 1 aromatic heterocycles. The molecule has 0 radical (unpaired) electrons. The maximum absolute atomic E-state index is 14.0. The molecule has 1 N–H and O–H groups in total. The number of rotatable bonds is 6. The van der Waals surface area contributed by atoms with Gasteiger partial charge in [0.25, 0.3) is 5.91 Å². The summed E-state index contributed by atoms with van der Waals surface area (Å²) in [6, 6.07) is 15.6. The Balaban J connectivity index is 1.56. The third kappa shape index (κ3) is 4.17. The van der Waals surface area contributed by atoms with Crippen molar-refractivity contribution < 1.29 is 14.3 Å². The highest BCUT2D eigenvalue weighted by molar-refractivity contribution is 6.01. The largest absolute Gasteiger partial charge is 0.494 e. The van der Waals surface area contributed by atoms with Gasteiger partial charge in [0, 0.05) is 11.6 Å². The lowest BCUT2D eigenvalue weighted by atomic mass is 9.85. The van der Waals surface area contributed by atoms with Crippen LogP contribution in [0.1, 0.15) is 62.6 Å². The van der Waals surface area contributed by atoms with Gasteiger partial charge in [-0.05, 0) is 50.8 Å². The molecule has 35 heavy (non-hydrogen) atoms. The number of nitrogens with one attached hydrogen (secondary N) is 1. The van der Waals surface area contributed by atoms with E-state index in [0.29, 0.717) is 24.9 Å². The van der Waals surface area contributed by atoms with E-state index >= 15 is 0 Å². The average molecular weight is 475 g/mol. The van der Waals surface area contributed by atoms with E-state index in [1.165, 1.54) is 6.42 Å². The third-order valence-corrected chi connectivity index (χ3v) is 7.67. The summed E-state index contributed by atoms with van der Waals surface area (Å²) >= 11 is 0. The Hall–Kier alpha value is -3.35. The molecule has 0 spiro atoms. The van der Waals surface area contributed by atoms with E-state index in [4.69, 9.17) is 4.74 Å². The number of para-hydroxylation sites is 3. The lowest BCUT2D eigenvalue weighted by Crippen LogP contribution is -2.65. The summed E-state index contributed by atoms with van der Waals surface area (Å²) in [6.07, 6.45) is 4.41. The van der Waals surface area contributed by atoms with Crippen molar-refractivity contribution in [2.24, 2.45) is 5.92 Å². The summed E-state index contributed by atoms with van der Waals surface area (Å²) in [7, 11) is 0. The first-order valence-electron chi connectivity index (χ1n) is 12.7. The van der Waals surface area contributed by atoms with Crippen LogP contribution in [0.5, 0.6) is 5.75 Å². The summed E-state index contributed by atoms with van der Waals surface area (Å²) in [5.74, 6) is 1.17. The first-order chi connectivity index (χ1) is 16.9. The maximum atomic E-state index is 14.0. The second-order valence-electron chi connectivity index (χ2n) is 10.1. The lowest BCUT2D eigenvalue weighted by molar-refractivity contribution is -0.134. The van der Waals surface area contributed by atoms with Gasteiger partial charge in [0.15, 0.2) is 5.82 Å². The zero-order chi connectivity index (χ0) is 24.6. The van der Waals surface area contributed by atoms with Gasteiger partial charge >= 0.3 is 0 Å². The maximum Gasteiger partial charge on any atom is 0.291 e. The van der Waals surface area contributed by atoms with Gasteiger partial charge < -0.3 is 19.5 Å². The van der Waals surface area contributed by atoms with Gasteiger partial charge in [-0.1, -0.05) is 50.1 Å². The van der Waals surface area contributed by atoms with Crippen molar-refractivity contribution in [3.63, 3.8) is 0 Å². The molecule has 7 nitrogen and oxygen atoms in total. The summed E-state index contributed by atoms with van der Waals surface area (Å²) in [6.45, 7) is 7.16. The molecule has 3 atom stereocenters.